The van der Waals surface area contributed by atoms with Gasteiger partial charge in [0.15, 0.2) is 0 Å². The van der Waals surface area contributed by atoms with Crippen LogP contribution < -0.4 is 0 Å². The number of fused-ring (bicyclic) bond motifs is 2. The fourth-order valence-electron chi connectivity index (χ4n) is 8.14. The topological polar surface area (TPSA) is 3.24 Å². The number of hydrogen-bond acceptors (Lipinski definition) is 1. The van der Waals surface area contributed by atoms with Crippen LogP contribution in [0, 0.1) is 40.4 Å². The molecule has 2 heteroatoms. The summed E-state index contributed by atoms with van der Waals surface area (Å²) in [4.78, 5) is 3.07. The van der Waals surface area contributed by atoms with Crippen molar-refractivity contribution >= 4 is 11.6 Å². The highest BCUT2D eigenvalue weighted by atomic mass is 35.5. The number of rotatable bonds is 3. The smallest absolute Gasteiger partial charge is 0.0455 e. The summed E-state index contributed by atoms with van der Waals surface area (Å²) < 4.78 is 0. The Hall–Kier alpha value is 0.250. The van der Waals surface area contributed by atoms with E-state index in [0.717, 1.165) is 29.6 Å². The van der Waals surface area contributed by atoms with Gasteiger partial charge in [-0.2, -0.15) is 0 Å². The molecule has 6 rings (SSSR count). The highest BCUT2D eigenvalue weighted by molar-refractivity contribution is 6.24. The molecule has 6 bridgehead atoms. The van der Waals surface area contributed by atoms with Crippen molar-refractivity contribution in [2.45, 2.75) is 77.0 Å². The Bertz CT molecular complexity index is 512. The highest BCUT2D eigenvalue weighted by Gasteiger charge is 2.56. The standard InChI is InChI=1S/C22H36ClN/c1-20(2)18-4-6-21(20,3)14-24(13-18)7-5-19-16-8-15-9-17(19)12-22(23,10-15)11-16/h15-19H,4-14H2,1-3H3/t15?,16?,17?,18?,19?,21-,22?/m0/s1. The monoisotopic (exact) mass is 349 g/mol. The lowest BCUT2D eigenvalue weighted by Crippen LogP contribution is -2.54. The van der Waals surface area contributed by atoms with Crippen LogP contribution in [0.2, 0.25) is 0 Å². The zero-order valence-electron chi connectivity index (χ0n) is 16.0. The third kappa shape index (κ3) is 2.29. The summed E-state index contributed by atoms with van der Waals surface area (Å²) in [6.45, 7) is 11.7. The fourth-order valence-corrected chi connectivity index (χ4v) is 8.76. The zero-order valence-corrected chi connectivity index (χ0v) is 16.7. The minimum atomic E-state index is 0.217. The number of alkyl halides is 1. The van der Waals surface area contributed by atoms with Crippen LogP contribution in [0.5, 0.6) is 0 Å². The molecule has 0 amide bonds. The number of likely N-dealkylation sites (tertiary alicyclic amines) is 1. The van der Waals surface area contributed by atoms with Crippen molar-refractivity contribution in [1.82, 2.24) is 4.90 Å². The molecule has 1 heterocycles. The van der Waals surface area contributed by atoms with Crippen molar-refractivity contribution in [3.05, 3.63) is 0 Å². The molecule has 0 aromatic carbocycles. The average Bonchev–Trinajstić information content (AvgIpc) is 2.61. The van der Waals surface area contributed by atoms with Gasteiger partial charge in [-0.15, -0.1) is 11.6 Å². The summed E-state index contributed by atoms with van der Waals surface area (Å²) in [6, 6.07) is 0. The van der Waals surface area contributed by atoms with Crippen LogP contribution in [0.4, 0.5) is 0 Å². The molecule has 136 valence electrons. The molecule has 0 aromatic rings. The lowest BCUT2D eigenvalue weighted by atomic mass is 9.51. The first-order valence-electron chi connectivity index (χ1n) is 10.7. The number of hydrogen-bond donors (Lipinski definition) is 0. The van der Waals surface area contributed by atoms with Gasteiger partial charge < -0.3 is 4.90 Å². The van der Waals surface area contributed by atoms with Gasteiger partial charge in [0.05, 0.1) is 0 Å². The molecule has 5 saturated carbocycles. The summed E-state index contributed by atoms with van der Waals surface area (Å²) in [5.41, 5.74) is 1.11. The normalized spacial score (nSPS) is 55.2. The van der Waals surface area contributed by atoms with Gasteiger partial charge >= 0.3 is 0 Å². The molecule has 0 N–H and O–H groups in total. The number of nitrogens with zero attached hydrogens (tertiary/aromatic N) is 1. The molecule has 3 unspecified atom stereocenters. The van der Waals surface area contributed by atoms with E-state index in [-0.39, 0.29) is 4.87 Å². The molecule has 5 aliphatic carbocycles. The van der Waals surface area contributed by atoms with Crippen LogP contribution in [0.25, 0.3) is 0 Å². The molecule has 24 heavy (non-hydrogen) atoms. The zero-order chi connectivity index (χ0) is 16.7. The maximum atomic E-state index is 6.93. The Balaban J connectivity index is 1.24. The Morgan fingerprint density at radius 1 is 1.04 bits per heavy atom. The fraction of sp³-hybridized carbons (Fsp3) is 1.00. The highest BCUT2D eigenvalue weighted by Crippen LogP contribution is 2.62. The van der Waals surface area contributed by atoms with E-state index in [9.17, 15) is 0 Å². The van der Waals surface area contributed by atoms with Gasteiger partial charge in [-0.05, 0) is 98.3 Å². The van der Waals surface area contributed by atoms with Crippen LogP contribution in [-0.2, 0) is 0 Å². The van der Waals surface area contributed by atoms with E-state index < -0.39 is 0 Å². The molecule has 4 atom stereocenters. The Morgan fingerprint density at radius 3 is 2.38 bits per heavy atom. The molecule has 1 saturated heterocycles. The third-order valence-corrected chi connectivity index (χ3v) is 10.3. The SMILES string of the molecule is CC1(C)C2CC[C@@]1(C)CN(CCC1C3CC4CC1CC(Cl)(C4)C3)C2. The minimum Gasteiger partial charge on any atom is -0.302 e. The van der Waals surface area contributed by atoms with Gasteiger partial charge in [-0.1, -0.05) is 20.8 Å². The van der Waals surface area contributed by atoms with Gasteiger partial charge in [0, 0.05) is 18.0 Å². The van der Waals surface area contributed by atoms with Gasteiger partial charge in [0.2, 0.25) is 0 Å². The Kier molecular flexibility index (Phi) is 3.53. The maximum absolute atomic E-state index is 6.93. The van der Waals surface area contributed by atoms with E-state index in [2.05, 4.69) is 25.7 Å². The third-order valence-electron chi connectivity index (χ3n) is 9.84. The second-order valence-electron chi connectivity index (χ2n) is 11.3. The van der Waals surface area contributed by atoms with Gasteiger partial charge in [0.1, 0.15) is 0 Å². The van der Waals surface area contributed by atoms with Crippen molar-refractivity contribution in [2.75, 3.05) is 19.6 Å². The predicted octanol–water partition coefficient (Wildman–Crippen LogP) is 5.57. The van der Waals surface area contributed by atoms with E-state index in [4.69, 9.17) is 11.6 Å². The van der Waals surface area contributed by atoms with Crippen molar-refractivity contribution in [3.63, 3.8) is 0 Å². The van der Waals surface area contributed by atoms with Crippen molar-refractivity contribution in [3.8, 4) is 0 Å². The molecular weight excluding hydrogens is 314 g/mol. The molecule has 0 aromatic heterocycles. The van der Waals surface area contributed by atoms with E-state index >= 15 is 0 Å². The largest absolute Gasteiger partial charge is 0.302 e. The lowest BCUT2D eigenvalue weighted by molar-refractivity contribution is -0.0465. The number of piperidine rings is 1. The van der Waals surface area contributed by atoms with E-state index in [0.29, 0.717) is 10.8 Å². The number of halogens is 1. The van der Waals surface area contributed by atoms with Gasteiger partial charge in [0.25, 0.3) is 0 Å². The Labute approximate surface area is 153 Å². The molecule has 0 radical (unpaired) electrons. The lowest BCUT2D eigenvalue weighted by Gasteiger charge is -2.58. The molecule has 1 aliphatic heterocycles. The summed E-state index contributed by atoms with van der Waals surface area (Å²) in [5, 5.41) is 0. The Morgan fingerprint density at radius 2 is 1.75 bits per heavy atom. The summed E-state index contributed by atoms with van der Waals surface area (Å²) >= 11 is 6.93. The quantitative estimate of drug-likeness (QED) is 0.602. The van der Waals surface area contributed by atoms with Gasteiger partial charge in [-0.3, -0.25) is 0 Å². The molecule has 6 fully saturated rings. The second-order valence-corrected chi connectivity index (χ2v) is 12.1. The first-order chi connectivity index (χ1) is 11.3. The molecule has 0 spiro atoms. The van der Waals surface area contributed by atoms with E-state index in [1.54, 1.807) is 0 Å². The minimum absolute atomic E-state index is 0.217. The van der Waals surface area contributed by atoms with Crippen LogP contribution >= 0.6 is 11.6 Å². The van der Waals surface area contributed by atoms with Crippen LogP contribution in [0.3, 0.4) is 0 Å². The van der Waals surface area contributed by atoms with Crippen molar-refractivity contribution < 1.29 is 0 Å². The first kappa shape index (κ1) is 16.4. The van der Waals surface area contributed by atoms with Crippen LogP contribution in [0.1, 0.15) is 72.1 Å². The first-order valence-corrected chi connectivity index (χ1v) is 11.1. The van der Waals surface area contributed by atoms with E-state index in [1.165, 1.54) is 71.0 Å². The summed E-state index contributed by atoms with van der Waals surface area (Å²) in [6.07, 6.45) is 11.4. The maximum Gasteiger partial charge on any atom is 0.0455 e. The van der Waals surface area contributed by atoms with Crippen molar-refractivity contribution in [1.29, 1.82) is 0 Å². The van der Waals surface area contributed by atoms with Crippen molar-refractivity contribution in [2.24, 2.45) is 40.4 Å². The molecular formula is C22H36ClN. The summed E-state index contributed by atoms with van der Waals surface area (Å²) in [7, 11) is 0. The van der Waals surface area contributed by atoms with E-state index in [1.807, 2.05) is 0 Å². The van der Waals surface area contributed by atoms with Crippen LogP contribution in [0.15, 0.2) is 0 Å². The molecule has 1 nitrogen and oxygen atoms in total. The van der Waals surface area contributed by atoms with Crippen LogP contribution in [-0.4, -0.2) is 29.4 Å². The molecule has 6 aliphatic rings. The average molecular weight is 350 g/mol. The second kappa shape index (κ2) is 5.16. The van der Waals surface area contributed by atoms with Gasteiger partial charge in [-0.25, -0.2) is 0 Å². The summed E-state index contributed by atoms with van der Waals surface area (Å²) in [5.74, 6) is 4.82. The predicted molar refractivity (Wildman–Crippen MR) is 101 cm³/mol.